The first kappa shape index (κ1) is 14.0. The van der Waals surface area contributed by atoms with Crippen LogP contribution in [-0.4, -0.2) is 21.0 Å². The zero-order valence-corrected chi connectivity index (χ0v) is 11.6. The highest BCUT2D eigenvalue weighted by molar-refractivity contribution is 5.85. The average molecular weight is 272 g/mol. The number of hydrogen-bond acceptors (Lipinski definition) is 4. The van der Waals surface area contributed by atoms with Crippen molar-refractivity contribution >= 4 is 5.97 Å². The van der Waals surface area contributed by atoms with Gasteiger partial charge in [0.25, 0.3) is 0 Å². The lowest BCUT2D eigenvalue weighted by Crippen LogP contribution is -2.10. The van der Waals surface area contributed by atoms with E-state index < -0.39 is 5.97 Å². The molecule has 0 bridgehead atoms. The van der Waals surface area contributed by atoms with E-state index >= 15 is 0 Å². The molecule has 5 heteroatoms. The van der Waals surface area contributed by atoms with Crippen LogP contribution in [0.4, 0.5) is 0 Å². The molecule has 0 aliphatic heterocycles. The number of nitrogens with zero attached hydrogens (tertiary/aromatic N) is 2. The van der Waals surface area contributed by atoms with Crippen molar-refractivity contribution in [2.45, 2.75) is 26.2 Å². The van der Waals surface area contributed by atoms with Gasteiger partial charge in [-0.3, -0.25) is 0 Å². The van der Waals surface area contributed by atoms with Gasteiger partial charge in [0.2, 0.25) is 0 Å². The topological polar surface area (TPSA) is 72.3 Å². The number of ether oxygens (including phenoxy) is 1. The molecule has 1 N–H and O–H groups in total. The summed E-state index contributed by atoms with van der Waals surface area (Å²) in [7, 11) is 0. The fourth-order valence-corrected chi connectivity index (χ4v) is 1.64. The SMILES string of the molecule is CC(C)(C)c1ccc(Oc2nccc(C(=O)O)n2)cc1. The molecule has 104 valence electrons. The van der Waals surface area contributed by atoms with Crippen LogP contribution in [0.5, 0.6) is 11.8 Å². The summed E-state index contributed by atoms with van der Waals surface area (Å²) in [5.74, 6) is -0.541. The Morgan fingerprint density at radius 3 is 2.35 bits per heavy atom. The zero-order valence-electron chi connectivity index (χ0n) is 11.6. The highest BCUT2D eigenvalue weighted by Gasteiger charge is 2.13. The van der Waals surface area contributed by atoms with E-state index in [4.69, 9.17) is 9.84 Å². The van der Waals surface area contributed by atoms with Crippen molar-refractivity contribution < 1.29 is 14.6 Å². The third-order valence-electron chi connectivity index (χ3n) is 2.78. The highest BCUT2D eigenvalue weighted by Crippen LogP contribution is 2.25. The maximum absolute atomic E-state index is 10.8. The zero-order chi connectivity index (χ0) is 14.8. The molecule has 1 aromatic heterocycles. The smallest absolute Gasteiger partial charge is 0.354 e. The molecule has 1 aromatic carbocycles. The number of carboxylic acid groups (broad SMARTS) is 1. The fourth-order valence-electron chi connectivity index (χ4n) is 1.64. The highest BCUT2D eigenvalue weighted by atomic mass is 16.5. The molecule has 0 aliphatic rings. The Balaban J connectivity index is 2.18. The Bertz CT molecular complexity index is 616. The van der Waals surface area contributed by atoms with E-state index in [9.17, 15) is 4.79 Å². The van der Waals surface area contributed by atoms with Crippen LogP contribution < -0.4 is 4.74 Å². The van der Waals surface area contributed by atoms with Gasteiger partial charge in [0.05, 0.1) is 0 Å². The standard InChI is InChI=1S/C15H16N2O3/c1-15(2,3)10-4-6-11(7-5-10)20-14-16-9-8-12(17-14)13(18)19/h4-9H,1-3H3,(H,18,19). The quantitative estimate of drug-likeness (QED) is 0.928. The minimum absolute atomic E-state index is 0.0217. The first-order valence-corrected chi connectivity index (χ1v) is 6.21. The first-order chi connectivity index (χ1) is 9.36. The molecule has 2 aromatic rings. The van der Waals surface area contributed by atoms with Gasteiger partial charge in [-0.2, -0.15) is 4.98 Å². The van der Waals surface area contributed by atoms with Crippen molar-refractivity contribution in [3.05, 3.63) is 47.8 Å². The molecule has 0 unspecified atom stereocenters. The molecule has 0 saturated carbocycles. The molecule has 1 heterocycles. The summed E-state index contributed by atoms with van der Waals surface area (Å²) < 4.78 is 5.45. The minimum atomic E-state index is -1.11. The molecule has 0 saturated heterocycles. The van der Waals surface area contributed by atoms with E-state index in [-0.39, 0.29) is 17.1 Å². The Morgan fingerprint density at radius 2 is 1.80 bits per heavy atom. The molecule has 2 rings (SSSR count). The number of aromatic carboxylic acids is 1. The maximum atomic E-state index is 10.8. The van der Waals surface area contributed by atoms with Crippen molar-refractivity contribution in [2.24, 2.45) is 0 Å². The van der Waals surface area contributed by atoms with Crippen molar-refractivity contribution in [3.8, 4) is 11.8 Å². The van der Waals surface area contributed by atoms with Crippen molar-refractivity contribution in [1.29, 1.82) is 0 Å². The summed E-state index contributed by atoms with van der Waals surface area (Å²) in [5.41, 5.74) is 1.16. The van der Waals surface area contributed by atoms with Gasteiger partial charge >= 0.3 is 12.0 Å². The number of rotatable bonds is 3. The van der Waals surface area contributed by atoms with Gasteiger partial charge in [-0.15, -0.1) is 0 Å². The second-order valence-electron chi connectivity index (χ2n) is 5.41. The van der Waals surface area contributed by atoms with Crippen molar-refractivity contribution in [2.75, 3.05) is 0 Å². The summed E-state index contributed by atoms with van der Waals surface area (Å²) in [4.78, 5) is 18.5. The summed E-state index contributed by atoms with van der Waals surface area (Å²) in [5, 5.41) is 8.86. The van der Waals surface area contributed by atoms with Gasteiger partial charge in [-0.25, -0.2) is 9.78 Å². The van der Waals surface area contributed by atoms with Gasteiger partial charge in [0, 0.05) is 6.20 Å². The second-order valence-corrected chi connectivity index (χ2v) is 5.41. The van der Waals surface area contributed by atoms with Crippen LogP contribution in [0, 0.1) is 0 Å². The van der Waals surface area contributed by atoms with Gasteiger partial charge in [-0.05, 0) is 29.2 Å². The van der Waals surface area contributed by atoms with Crippen molar-refractivity contribution in [1.82, 2.24) is 9.97 Å². The Morgan fingerprint density at radius 1 is 1.15 bits per heavy atom. The fraction of sp³-hybridized carbons (Fsp3) is 0.267. The molecule has 0 atom stereocenters. The summed E-state index contributed by atoms with van der Waals surface area (Å²) in [6, 6.07) is 8.91. The molecule has 0 amide bonds. The second kappa shape index (κ2) is 5.28. The van der Waals surface area contributed by atoms with E-state index in [0.717, 1.165) is 0 Å². The predicted octanol–water partition coefficient (Wildman–Crippen LogP) is 3.26. The third kappa shape index (κ3) is 3.32. The first-order valence-electron chi connectivity index (χ1n) is 6.21. The molecule has 0 aliphatic carbocycles. The van der Waals surface area contributed by atoms with E-state index in [2.05, 4.69) is 30.7 Å². The lowest BCUT2D eigenvalue weighted by atomic mass is 9.87. The molecular formula is C15H16N2O3. The van der Waals surface area contributed by atoms with E-state index in [1.807, 2.05) is 24.3 Å². The lowest BCUT2D eigenvalue weighted by molar-refractivity contribution is 0.0689. The number of carboxylic acids is 1. The molecular weight excluding hydrogens is 256 g/mol. The molecule has 0 fully saturated rings. The van der Waals surface area contributed by atoms with Crippen molar-refractivity contribution in [3.63, 3.8) is 0 Å². The number of aromatic nitrogens is 2. The van der Waals surface area contributed by atoms with Gasteiger partial charge in [0.15, 0.2) is 5.69 Å². The summed E-state index contributed by atoms with van der Waals surface area (Å²) >= 11 is 0. The van der Waals surface area contributed by atoms with Crippen LogP contribution in [0.2, 0.25) is 0 Å². The van der Waals surface area contributed by atoms with E-state index in [1.165, 1.54) is 17.8 Å². The molecule has 0 radical (unpaired) electrons. The van der Waals surface area contributed by atoms with Crippen LogP contribution in [0.1, 0.15) is 36.8 Å². The van der Waals surface area contributed by atoms with Crippen LogP contribution in [0.3, 0.4) is 0 Å². The number of benzene rings is 1. The molecule has 20 heavy (non-hydrogen) atoms. The lowest BCUT2D eigenvalue weighted by Gasteiger charge is -2.18. The summed E-state index contributed by atoms with van der Waals surface area (Å²) in [6.07, 6.45) is 1.36. The van der Waals surface area contributed by atoms with E-state index in [0.29, 0.717) is 5.75 Å². The number of hydrogen-bond donors (Lipinski definition) is 1. The third-order valence-corrected chi connectivity index (χ3v) is 2.78. The predicted molar refractivity (Wildman–Crippen MR) is 74.2 cm³/mol. The monoisotopic (exact) mass is 272 g/mol. The summed E-state index contributed by atoms with van der Waals surface area (Å²) in [6.45, 7) is 6.38. The van der Waals surface area contributed by atoms with Crippen LogP contribution >= 0.6 is 0 Å². The van der Waals surface area contributed by atoms with Gasteiger partial charge in [-0.1, -0.05) is 32.9 Å². The van der Waals surface area contributed by atoms with Crippen LogP contribution in [-0.2, 0) is 5.41 Å². The maximum Gasteiger partial charge on any atom is 0.354 e. The Labute approximate surface area is 117 Å². The Hall–Kier alpha value is -2.43. The van der Waals surface area contributed by atoms with Crippen LogP contribution in [0.25, 0.3) is 0 Å². The molecule has 0 spiro atoms. The largest absolute Gasteiger partial charge is 0.477 e. The Kier molecular flexibility index (Phi) is 3.70. The average Bonchev–Trinajstić information content (AvgIpc) is 2.38. The normalized spacial score (nSPS) is 11.2. The minimum Gasteiger partial charge on any atom is -0.477 e. The number of carbonyl (C=O) groups is 1. The molecule has 5 nitrogen and oxygen atoms in total. The van der Waals surface area contributed by atoms with Crippen LogP contribution in [0.15, 0.2) is 36.5 Å². The van der Waals surface area contributed by atoms with Gasteiger partial charge in [0.1, 0.15) is 5.75 Å². The van der Waals surface area contributed by atoms with E-state index in [1.54, 1.807) is 0 Å². The van der Waals surface area contributed by atoms with Gasteiger partial charge < -0.3 is 9.84 Å².